The van der Waals surface area contributed by atoms with E-state index in [0.29, 0.717) is 13.0 Å². The maximum Gasteiger partial charge on any atom is 0.220 e. The van der Waals surface area contributed by atoms with Crippen LogP contribution in [0, 0.1) is 0 Å². The Labute approximate surface area is 132 Å². The minimum absolute atomic E-state index is 0. The summed E-state index contributed by atoms with van der Waals surface area (Å²) in [7, 11) is 0. The fourth-order valence-electron chi connectivity index (χ4n) is 2.24. The van der Waals surface area contributed by atoms with Crippen LogP contribution in [0.2, 0.25) is 0 Å². The van der Waals surface area contributed by atoms with Crippen LogP contribution in [0.1, 0.15) is 24.8 Å². The molecule has 0 aliphatic rings. The third-order valence-corrected chi connectivity index (χ3v) is 3.41. The third-order valence-electron chi connectivity index (χ3n) is 3.41. The molecule has 3 N–H and O–H groups in total. The van der Waals surface area contributed by atoms with E-state index in [1.807, 2.05) is 12.1 Å². The van der Waals surface area contributed by atoms with Crippen molar-refractivity contribution >= 4 is 29.1 Å². The van der Waals surface area contributed by atoms with Gasteiger partial charge in [-0.25, -0.2) is 0 Å². The van der Waals surface area contributed by atoms with E-state index in [1.165, 1.54) is 16.3 Å². The largest absolute Gasteiger partial charge is 0.356 e. The van der Waals surface area contributed by atoms with Gasteiger partial charge >= 0.3 is 0 Å². The van der Waals surface area contributed by atoms with Gasteiger partial charge in [-0.2, -0.15) is 0 Å². The first-order chi connectivity index (χ1) is 9.79. The van der Waals surface area contributed by atoms with E-state index >= 15 is 0 Å². The van der Waals surface area contributed by atoms with Crippen molar-refractivity contribution < 1.29 is 4.79 Å². The second kappa shape index (κ2) is 9.37. The van der Waals surface area contributed by atoms with Crippen LogP contribution in [0.15, 0.2) is 42.5 Å². The second-order valence-electron chi connectivity index (χ2n) is 5.03. The summed E-state index contributed by atoms with van der Waals surface area (Å²) >= 11 is 0. The van der Waals surface area contributed by atoms with E-state index < -0.39 is 0 Å². The molecule has 0 aliphatic carbocycles. The van der Waals surface area contributed by atoms with Crippen LogP contribution >= 0.6 is 12.4 Å². The van der Waals surface area contributed by atoms with Gasteiger partial charge in [0.05, 0.1) is 0 Å². The van der Waals surface area contributed by atoms with Crippen LogP contribution in [-0.2, 0) is 11.2 Å². The number of hydrogen-bond acceptors (Lipinski definition) is 2. The van der Waals surface area contributed by atoms with Gasteiger partial charge in [0, 0.05) is 13.0 Å². The number of unbranched alkanes of at least 4 members (excludes halogenated alkanes) is 1. The lowest BCUT2D eigenvalue weighted by atomic mass is 10.0. The zero-order valence-electron chi connectivity index (χ0n) is 12.2. The zero-order valence-corrected chi connectivity index (χ0v) is 13.0. The number of nitrogens with two attached hydrogens (primary N) is 1. The molecular weight excluding hydrogens is 284 g/mol. The minimum Gasteiger partial charge on any atom is -0.356 e. The zero-order chi connectivity index (χ0) is 14.2. The molecule has 1 amide bonds. The summed E-state index contributed by atoms with van der Waals surface area (Å²) in [5.41, 5.74) is 6.62. The van der Waals surface area contributed by atoms with Crippen LogP contribution in [0.25, 0.3) is 10.8 Å². The molecule has 2 aromatic carbocycles. The molecule has 0 spiro atoms. The van der Waals surface area contributed by atoms with Gasteiger partial charge in [0.1, 0.15) is 0 Å². The van der Waals surface area contributed by atoms with Crippen LogP contribution < -0.4 is 11.1 Å². The maximum atomic E-state index is 11.7. The van der Waals surface area contributed by atoms with E-state index in [2.05, 4.69) is 35.6 Å². The van der Waals surface area contributed by atoms with Crippen molar-refractivity contribution in [3.8, 4) is 0 Å². The Hall–Kier alpha value is -1.58. The highest BCUT2D eigenvalue weighted by Crippen LogP contribution is 2.16. The molecule has 2 rings (SSSR count). The van der Waals surface area contributed by atoms with E-state index in [-0.39, 0.29) is 18.3 Å². The highest BCUT2D eigenvalue weighted by Gasteiger charge is 2.02. The Morgan fingerprint density at radius 3 is 2.57 bits per heavy atom. The molecule has 0 radical (unpaired) electrons. The standard InChI is InChI=1S/C17H22N2O.ClH/c18-11-3-4-12-19-17(20)10-8-14-7-9-15-5-1-2-6-16(15)13-14;/h1-2,5-7,9,13H,3-4,8,10-12,18H2,(H,19,20);1H. The predicted molar refractivity (Wildman–Crippen MR) is 90.8 cm³/mol. The third kappa shape index (κ3) is 5.74. The van der Waals surface area contributed by atoms with Crippen molar-refractivity contribution in [3.05, 3.63) is 48.0 Å². The van der Waals surface area contributed by atoms with Crippen LogP contribution in [-0.4, -0.2) is 19.0 Å². The number of nitrogens with one attached hydrogen (secondary N) is 1. The Bertz CT molecular complexity index is 571. The monoisotopic (exact) mass is 306 g/mol. The molecule has 0 fully saturated rings. The maximum absolute atomic E-state index is 11.7. The number of fused-ring (bicyclic) bond motifs is 1. The number of benzene rings is 2. The molecule has 0 bridgehead atoms. The van der Waals surface area contributed by atoms with Gasteiger partial charge in [0.25, 0.3) is 0 Å². The molecule has 2 aromatic rings. The van der Waals surface area contributed by atoms with Gasteiger partial charge in [-0.15, -0.1) is 12.4 Å². The van der Waals surface area contributed by atoms with E-state index in [1.54, 1.807) is 0 Å². The molecule has 0 atom stereocenters. The van der Waals surface area contributed by atoms with Gasteiger partial charge in [-0.1, -0.05) is 42.5 Å². The molecule has 0 heterocycles. The molecule has 0 saturated carbocycles. The number of amides is 1. The first-order valence-electron chi connectivity index (χ1n) is 7.24. The highest BCUT2D eigenvalue weighted by molar-refractivity contribution is 5.85. The molecule has 0 saturated heterocycles. The van der Waals surface area contributed by atoms with Crippen molar-refractivity contribution in [2.75, 3.05) is 13.1 Å². The van der Waals surface area contributed by atoms with E-state index in [9.17, 15) is 4.79 Å². The average molecular weight is 307 g/mol. The average Bonchev–Trinajstić information content (AvgIpc) is 2.49. The quantitative estimate of drug-likeness (QED) is 0.773. The number of carbonyl (C=O) groups is 1. The van der Waals surface area contributed by atoms with E-state index in [0.717, 1.165) is 25.8 Å². The topological polar surface area (TPSA) is 55.1 Å². The Balaban J connectivity index is 0.00000220. The van der Waals surface area contributed by atoms with E-state index in [4.69, 9.17) is 5.73 Å². The Morgan fingerprint density at radius 2 is 1.81 bits per heavy atom. The summed E-state index contributed by atoms with van der Waals surface area (Å²) in [6.45, 7) is 1.42. The molecule has 114 valence electrons. The lowest BCUT2D eigenvalue weighted by Crippen LogP contribution is -2.25. The smallest absolute Gasteiger partial charge is 0.220 e. The summed E-state index contributed by atoms with van der Waals surface area (Å²) in [6, 6.07) is 14.7. The highest BCUT2D eigenvalue weighted by atomic mass is 35.5. The second-order valence-corrected chi connectivity index (χ2v) is 5.03. The Kier molecular flexibility index (Phi) is 7.80. The summed E-state index contributed by atoms with van der Waals surface area (Å²) in [5, 5.41) is 5.40. The number of aryl methyl sites for hydroxylation is 1. The molecule has 21 heavy (non-hydrogen) atoms. The molecule has 0 aliphatic heterocycles. The summed E-state index contributed by atoms with van der Waals surface area (Å²) < 4.78 is 0. The first-order valence-corrected chi connectivity index (χ1v) is 7.24. The molecule has 0 unspecified atom stereocenters. The molecule has 3 nitrogen and oxygen atoms in total. The molecular formula is C17H23ClN2O. The van der Waals surface area contributed by atoms with Crippen molar-refractivity contribution in [1.82, 2.24) is 5.32 Å². The van der Waals surface area contributed by atoms with Crippen molar-refractivity contribution in [2.24, 2.45) is 5.73 Å². The summed E-state index contributed by atoms with van der Waals surface area (Å²) in [6.07, 6.45) is 3.25. The van der Waals surface area contributed by atoms with Crippen LogP contribution in [0.4, 0.5) is 0 Å². The summed E-state index contributed by atoms with van der Waals surface area (Å²) in [4.78, 5) is 11.7. The van der Waals surface area contributed by atoms with Gasteiger partial charge in [-0.3, -0.25) is 4.79 Å². The Morgan fingerprint density at radius 1 is 1.05 bits per heavy atom. The summed E-state index contributed by atoms with van der Waals surface area (Å²) in [5.74, 6) is 0.121. The van der Waals surface area contributed by atoms with Gasteiger partial charge in [0.15, 0.2) is 0 Å². The van der Waals surface area contributed by atoms with Gasteiger partial charge < -0.3 is 11.1 Å². The SMILES string of the molecule is Cl.NCCCCNC(=O)CCc1ccc2ccccc2c1. The number of rotatable bonds is 7. The minimum atomic E-state index is 0. The number of carbonyl (C=O) groups excluding carboxylic acids is 1. The van der Waals surface area contributed by atoms with Crippen molar-refractivity contribution in [1.29, 1.82) is 0 Å². The number of hydrogen-bond donors (Lipinski definition) is 2. The lowest BCUT2D eigenvalue weighted by molar-refractivity contribution is -0.121. The van der Waals surface area contributed by atoms with Crippen LogP contribution in [0.5, 0.6) is 0 Å². The van der Waals surface area contributed by atoms with Gasteiger partial charge in [0.2, 0.25) is 5.91 Å². The predicted octanol–water partition coefficient (Wildman–Crippen LogP) is 3.05. The lowest BCUT2D eigenvalue weighted by Gasteiger charge is -2.06. The first kappa shape index (κ1) is 17.5. The normalized spacial score (nSPS) is 10.1. The fourth-order valence-corrected chi connectivity index (χ4v) is 2.24. The van der Waals surface area contributed by atoms with Crippen molar-refractivity contribution in [2.45, 2.75) is 25.7 Å². The fraction of sp³-hybridized carbons (Fsp3) is 0.353. The van der Waals surface area contributed by atoms with Gasteiger partial charge in [-0.05, 0) is 42.1 Å². The molecule has 4 heteroatoms. The van der Waals surface area contributed by atoms with Crippen LogP contribution in [0.3, 0.4) is 0 Å². The number of halogens is 1. The van der Waals surface area contributed by atoms with Crippen molar-refractivity contribution in [3.63, 3.8) is 0 Å². The molecule has 0 aromatic heterocycles.